The van der Waals surface area contributed by atoms with E-state index in [2.05, 4.69) is 33.9 Å². The third-order valence-electron chi connectivity index (χ3n) is 5.79. The van der Waals surface area contributed by atoms with Gasteiger partial charge in [0.1, 0.15) is 11.6 Å². The minimum Gasteiger partial charge on any atom is -0.351 e. The topological polar surface area (TPSA) is 80.4 Å². The number of piperazine rings is 1. The number of benzene rings is 2. The molecule has 0 radical (unpaired) electrons. The normalized spacial score (nSPS) is 17.0. The van der Waals surface area contributed by atoms with Crippen molar-refractivity contribution in [2.45, 2.75) is 26.8 Å². The molecule has 32 heavy (non-hydrogen) atoms. The fourth-order valence-corrected chi connectivity index (χ4v) is 4.00. The van der Waals surface area contributed by atoms with Crippen molar-refractivity contribution in [3.63, 3.8) is 0 Å². The summed E-state index contributed by atoms with van der Waals surface area (Å²) in [5.41, 5.74) is 3.09. The lowest BCUT2D eigenvalue weighted by molar-refractivity contribution is 0.220. The number of hydrogen-bond donors (Lipinski definition) is 1. The second-order valence-corrected chi connectivity index (χ2v) is 8.27. The van der Waals surface area contributed by atoms with Gasteiger partial charge in [0, 0.05) is 25.7 Å². The van der Waals surface area contributed by atoms with Gasteiger partial charge in [-0.3, -0.25) is 10.3 Å². The summed E-state index contributed by atoms with van der Waals surface area (Å²) in [6.07, 6.45) is 3.74. The van der Waals surface area contributed by atoms with Gasteiger partial charge in [-0.15, -0.1) is 0 Å². The zero-order valence-corrected chi connectivity index (χ0v) is 18.5. The molecular weight excluding hydrogens is 405 g/mol. The molecule has 0 unspecified atom stereocenters. The van der Waals surface area contributed by atoms with Crippen molar-refractivity contribution in [3.8, 4) is 6.19 Å². The van der Waals surface area contributed by atoms with E-state index in [1.807, 2.05) is 37.4 Å². The first kappa shape index (κ1) is 21.5. The number of aliphatic imine (C=N–C) groups is 1. The lowest BCUT2D eigenvalue weighted by Crippen LogP contribution is -2.59. The first-order chi connectivity index (χ1) is 15.5. The Kier molecular flexibility index (Phi) is 6.17. The van der Waals surface area contributed by atoms with Crippen molar-refractivity contribution >= 4 is 28.5 Å². The fourth-order valence-electron chi connectivity index (χ4n) is 4.00. The summed E-state index contributed by atoms with van der Waals surface area (Å²) in [6.45, 7) is 8.40. The number of nitriles is 1. The van der Waals surface area contributed by atoms with Crippen molar-refractivity contribution in [2.24, 2.45) is 10.9 Å². The number of rotatable bonds is 3. The van der Waals surface area contributed by atoms with Gasteiger partial charge in [-0.25, -0.2) is 14.4 Å². The van der Waals surface area contributed by atoms with Crippen LogP contribution in [0.4, 0.5) is 15.9 Å². The van der Waals surface area contributed by atoms with Crippen molar-refractivity contribution in [2.75, 3.05) is 24.5 Å². The Morgan fingerprint density at radius 1 is 1.22 bits per heavy atom. The predicted molar refractivity (Wildman–Crippen MR) is 124 cm³/mol. The van der Waals surface area contributed by atoms with Gasteiger partial charge in [-0.1, -0.05) is 32.0 Å². The first-order valence-electron chi connectivity index (χ1n) is 10.7. The molecule has 0 aliphatic carbocycles. The number of fused-ring (bicyclic) bond motifs is 1. The van der Waals surface area contributed by atoms with Gasteiger partial charge in [0.25, 0.3) is 0 Å². The summed E-state index contributed by atoms with van der Waals surface area (Å²) in [5.74, 6) is 1.31. The third-order valence-corrected chi connectivity index (χ3v) is 5.79. The number of aromatic nitrogens is 2. The number of nitrogens with zero attached hydrogens (tertiary/aromatic N) is 6. The van der Waals surface area contributed by atoms with Crippen LogP contribution in [0.15, 0.2) is 53.7 Å². The molecule has 164 valence electrons. The summed E-state index contributed by atoms with van der Waals surface area (Å²) in [4.78, 5) is 18.2. The Morgan fingerprint density at radius 3 is 2.78 bits per heavy atom. The van der Waals surface area contributed by atoms with Crippen LogP contribution >= 0.6 is 0 Å². The summed E-state index contributed by atoms with van der Waals surface area (Å²) in [6, 6.07) is 12.4. The molecule has 1 aliphatic rings. The van der Waals surface area contributed by atoms with Crippen LogP contribution in [0, 0.1) is 30.1 Å². The van der Waals surface area contributed by atoms with Gasteiger partial charge in [0.05, 0.1) is 29.0 Å². The number of aryl methyl sites for hydroxylation is 1. The summed E-state index contributed by atoms with van der Waals surface area (Å²) in [5, 5.41) is 12.2. The van der Waals surface area contributed by atoms with Crippen LogP contribution in [0.3, 0.4) is 0 Å². The zero-order chi connectivity index (χ0) is 22.7. The molecule has 1 fully saturated rings. The van der Waals surface area contributed by atoms with E-state index < -0.39 is 0 Å². The lowest BCUT2D eigenvalue weighted by Gasteiger charge is -2.44. The quantitative estimate of drug-likeness (QED) is 0.292. The van der Waals surface area contributed by atoms with E-state index in [0.717, 1.165) is 17.1 Å². The van der Waals surface area contributed by atoms with Gasteiger partial charge < -0.3 is 9.80 Å². The second kappa shape index (κ2) is 9.18. The van der Waals surface area contributed by atoms with Crippen LogP contribution in [0.25, 0.3) is 11.0 Å². The third kappa shape index (κ3) is 4.47. The average Bonchev–Trinajstić information content (AvgIpc) is 2.79. The summed E-state index contributed by atoms with van der Waals surface area (Å²) >= 11 is 0. The van der Waals surface area contributed by atoms with Crippen LogP contribution < -0.4 is 10.2 Å². The minimum absolute atomic E-state index is 0.109. The Bertz CT molecular complexity index is 1180. The van der Waals surface area contributed by atoms with Crippen LogP contribution in [-0.4, -0.2) is 46.5 Å². The molecular formula is C24H26FN7. The Hall–Kier alpha value is -3.73. The second-order valence-electron chi connectivity index (χ2n) is 8.27. The highest BCUT2D eigenvalue weighted by Gasteiger charge is 2.32. The van der Waals surface area contributed by atoms with E-state index in [1.54, 1.807) is 12.3 Å². The highest BCUT2D eigenvalue weighted by atomic mass is 19.1. The molecule has 1 saturated heterocycles. The predicted octanol–water partition coefficient (Wildman–Crippen LogP) is 3.98. The number of guanidine groups is 1. The van der Waals surface area contributed by atoms with Crippen LogP contribution in [-0.2, 0) is 0 Å². The number of para-hydroxylation sites is 1. The van der Waals surface area contributed by atoms with Crippen LogP contribution in [0.1, 0.15) is 19.4 Å². The van der Waals surface area contributed by atoms with E-state index in [9.17, 15) is 9.65 Å². The smallest absolute Gasteiger partial charge is 0.212 e. The average molecular weight is 432 g/mol. The molecule has 1 atom stereocenters. The van der Waals surface area contributed by atoms with E-state index in [-0.39, 0.29) is 11.9 Å². The summed E-state index contributed by atoms with van der Waals surface area (Å²) < 4.78 is 13.5. The van der Waals surface area contributed by atoms with E-state index in [1.165, 1.54) is 12.1 Å². The van der Waals surface area contributed by atoms with Gasteiger partial charge >= 0.3 is 0 Å². The van der Waals surface area contributed by atoms with Crippen molar-refractivity contribution in [1.82, 2.24) is 20.2 Å². The Labute approximate surface area is 187 Å². The molecule has 0 bridgehead atoms. The minimum atomic E-state index is -0.321. The van der Waals surface area contributed by atoms with E-state index in [4.69, 9.17) is 9.98 Å². The van der Waals surface area contributed by atoms with E-state index in [0.29, 0.717) is 42.5 Å². The van der Waals surface area contributed by atoms with Gasteiger partial charge in [-0.2, -0.15) is 5.26 Å². The number of anilines is 1. The Balaban J connectivity index is 1.62. The summed E-state index contributed by atoms with van der Waals surface area (Å²) in [7, 11) is 0. The maximum absolute atomic E-state index is 13.5. The molecule has 0 amide bonds. The van der Waals surface area contributed by atoms with Gasteiger partial charge in [0.15, 0.2) is 6.19 Å². The standard InChI is InChI=1S/C24H26FN7/c1-16(2)22-14-31(23-13-27-21-12-18(25)8-9-20(21)29-23)10-11-32(22)24(28-15-26)30-19-7-5-4-6-17(19)3/h4-9,12-13,16,22H,10-11,14H2,1-3H3,(H,28,30)/t22-/m1/s1. The monoisotopic (exact) mass is 431 g/mol. The molecule has 1 aliphatic heterocycles. The molecule has 8 heteroatoms. The van der Waals surface area contributed by atoms with Crippen LogP contribution in [0.5, 0.6) is 0 Å². The van der Waals surface area contributed by atoms with E-state index >= 15 is 0 Å². The molecule has 3 aromatic rings. The fraction of sp³-hybridized carbons (Fsp3) is 0.333. The van der Waals surface area contributed by atoms with Gasteiger partial charge in [-0.05, 0) is 36.6 Å². The molecule has 7 nitrogen and oxygen atoms in total. The molecule has 0 spiro atoms. The number of halogens is 1. The van der Waals surface area contributed by atoms with Crippen molar-refractivity contribution in [3.05, 3.63) is 60.0 Å². The van der Waals surface area contributed by atoms with Crippen molar-refractivity contribution < 1.29 is 4.39 Å². The SMILES string of the molecule is Cc1ccccc1N=C(NC#N)N1CCN(c2cnc3cc(F)ccc3n2)C[C@@H]1C(C)C. The van der Waals surface area contributed by atoms with Crippen molar-refractivity contribution in [1.29, 1.82) is 5.26 Å². The molecule has 4 rings (SSSR count). The van der Waals surface area contributed by atoms with Gasteiger partial charge in [0.2, 0.25) is 5.96 Å². The first-order valence-corrected chi connectivity index (χ1v) is 10.7. The zero-order valence-electron chi connectivity index (χ0n) is 18.5. The maximum atomic E-state index is 13.5. The maximum Gasteiger partial charge on any atom is 0.212 e. The Morgan fingerprint density at radius 2 is 2.03 bits per heavy atom. The molecule has 0 saturated carbocycles. The molecule has 2 aromatic carbocycles. The van der Waals surface area contributed by atoms with Crippen LogP contribution in [0.2, 0.25) is 0 Å². The number of hydrogen-bond acceptors (Lipinski definition) is 5. The number of nitrogens with one attached hydrogen (secondary N) is 1. The molecule has 2 heterocycles. The largest absolute Gasteiger partial charge is 0.351 e. The highest BCUT2D eigenvalue weighted by Crippen LogP contribution is 2.25. The molecule has 1 aromatic heterocycles. The highest BCUT2D eigenvalue weighted by molar-refractivity contribution is 5.85. The molecule has 1 N–H and O–H groups in total. The lowest BCUT2D eigenvalue weighted by atomic mass is 10.00.